The highest BCUT2D eigenvalue weighted by atomic mass is 16.3. The average molecular weight is 197 g/mol. The lowest BCUT2D eigenvalue weighted by molar-refractivity contribution is 0.952. The van der Waals surface area contributed by atoms with E-state index in [1.165, 1.54) is 4.68 Å². The van der Waals surface area contributed by atoms with E-state index in [1.54, 1.807) is 18.5 Å². The number of nitrogens with zero attached hydrogens (tertiary/aromatic N) is 3. The molecule has 2 aromatic heterocycles. The molecule has 1 aromatic carbocycles. The van der Waals surface area contributed by atoms with Crippen molar-refractivity contribution in [3.05, 3.63) is 47.6 Å². The van der Waals surface area contributed by atoms with Crippen LogP contribution in [0, 0.1) is 4.91 Å². The first kappa shape index (κ1) is 8.11. The third-order valence-corrected chi connectivity index (χ3v) is 2.53. The van der Waals surface area contributed by atoms with Gasteiger partial charge in [0.05, 0.1) is 16.3 Å². The molecule has 0 bridgehead atoms. The number of pyridine rings is 1. The molecule has 0 saturated heterocycles. The van der Waals surface area contributed by atoms with Gasteiger partial charge in [-0.1, -0.05) is 18.2 Å². The minimum atomic E-state index is 0.793. The second-order valence-electron chi connectivity index (χ2n) is 3.30. The summed E-state index contributed by atoms with van der Waals surface area (Å²) in [6.07, 6.45) is 3.40. The molecular weight excluding hydrogens is 190 g/mol. The molecule has 0 saturated carbocycles. The summed E-state index contributed by atoms with van der Waals surface area (Å²) < 4.78 is 1.40. The van der Waals surface area contributed by atoms with E-state index in [4.69, 9.17) is 0 Å². The van der Waals surface area contributed by atoms with Gasteiger partial charge in [0, 0.05) is 23.2 Å². The monoisotopic (exact) mass is 197 g/mol. The SMILES string of the molecule is O=Nn1c2ccccc2c2cnccc21. The highest BCUT2D eigenvalue weighted by Crippen LogP contribution is 2.27. The zero-order valence-electron chi connectivity index (χ0n) is 7.79. The lowest BCUT2D eigenvalue weighted by atomic mass is 10.2. The Morgan fingerprint density at radius 2 is 1.87 bits per heavy atom. The van der Waals surface area contributed by atoms with Gasteiger partial charge in [-0.25, -0.2) is 0 Å². The molecule has 4 nitrogen and oxygen atoms in total. The lowest BCUT2D eigenvalue weighted by Crippen LogP contribution is -1.84. The molecular formula is C11H7N3O. The molecule has 72 valence electrons. The molecule has 3 rings (SSSR count). The topological polar surface area (TPSA) is 47.2 Å². The van der Waals surface area contributed by atoms with Gasteiger partial charge >= 0.3 is 0 Å². The number of hydrogen-bond donors (Lipinski definition) is 0. The van der Waals surface area contributed by atoms with Gasteiger partial charge in [0.2, 0.25) is 0 Å². The van der Waals surface area contributed by atoms with Crippen LogP contribution < -0.4 is 0 Å². The zero-order chi connectivity index (χ0) is 10.3. The van der Waals surface area contributed by atoms with Crippen molar-refractivity contribution in [3.8, 4) is 0 Å². The molecule has 0 fully saturated rings. The Balaban J connectivity index is 2.68. The van der Waals surface area contributed by atoms with E-state index in [2.05, 4.69) is 10.3 Å². The van der Waals surface area contributed by atoms with Crippen molar-refractivity contribution < 1.29 is 0 Å². The van der Waals surface area contributed by atoms with E-state index in [0.717, 1.165) is 21.8 Å². The molecule has 0 aliphatic carbocycles. The fraction of sp³-hybridized carbons (Fsp3) is 0. The molecule has 2 heterocycles. The maximum absolute atomic E-state index is 10.8. The van der Waals surface area contributed by atoms with Crippen LogP contribution in [-0.4, -0.2) is 9.66 Å². The molecule has 0 N–H and O–H groups in total. The minimum absolute atomic E-state index is 0.793. The molecule has 0 amide bonds. The largest absolute Gasteiger partial charge is 0.264 e. The third kappa shape index (κ3) is 0.985. The Hall–Kier alpha value is -2.23. The fourth-order valence-corrected chi connectivity index (χ4v) is 1.88. The summed E-state index contributed by atoms with van der Waals surface area (Å²) in [5.41, 5.74) is 1.61. The predicted octanol–water partition coefficient (Wildman–Crippen LogP) is 2.72. The summed E-state index contributed by atoms with van der Waals surface area (Å²) in [6, 6.07) is 9.44. The summed E-state index contributed by atoms with van der Waals surface area (Å²) in [6.45, 7) is 0. The summed E-state index contributed by atoms with van der Waals surface area (Å²) in [4.78, 5) is 14.8. The first-order chi connectivity index (χ1) is 7.42. The molecule has 3 aromatic rings. The number of fused-ring (bicyclic) bond motifs is 3. The number of nitroso groups, excluding NO2 is 1. The van der Waals surface area contributed by atoms with Crippen LogP contribution in [0.25, 0.3) is 21.8 Å². The van der Waals surface area contributed by atoms with E-state index in [-0.39, 0.29) is 0 Å². The van der Waals surface area contributed by atoms with E-state index >= 15 is 0 Å². The molecule has 4 heteroatoms. The average Bonchev–Trinajstić information content (AvgIpc) is 2.63. The predicted molar refractivity (Wildman–Crippen MR) is 58.4 cm³/mol. The van der Waals surface area contributed by atoms with Crippen molar-refractivity contribution in [2.75, 3.05) is 0 Å². The molecule has 0 aliphatic rings. The van der Waals surface area contributed by atoms with Crippen LogP contribution in [0.2, 0.25) is 0 Å². The van der Waals surface area contributed by atoms with Gasteiger partial charge in [-0.3, -0.25) is 4.98 Å². The number of benzene rings is 1. The van der Waals surface area contributed by atoms with Crippen molar-refractivity contribution in [1.82, 2.24) is 9.66 Å². The van der Waals surface area contributed by atoms with Crippen LogP contribution in [0.3, 0.4) is 0 Å². The number of hydrogen-bond acceptors (Lipinski definition) is 3. The van der Waals surface area contributed by atoms with Crippen LogP contribution in [0.1, 0.15) is 0 Å². The third-order valence-electron chi connectivity index (χ3n) is 2.53. The van der Waals surface area contributed by atoms with Crippen LogP contribution in [0.5, 0.6) is 0 Å². The van der Waals surface area contributed by atoms with Gasteiger partial charge in [0.15, 0.2) is 0 Å². The molecule has 0 atom stereocenters. The van der Waals surface area contributed by atoms with Gasteiger partial charge in [0.1, 0.15) is 0 Å². The second-order valence-corrected chi connectivity index (χ2v) is 3.30. The van der Waals surface area contributed by atoms with E-state index in [9.17, 15) is 4.91 Å². The first-order valence-electron chi connectivity index (χ1n) is 4.58. The molecule has 15 heavy (non-hydrogen) atoms. The maximum Gasteiger partial charge on any atom is 0.0795 e. The van der Waals surface area contributed by atoms with E-state index in [0.29, 0.717) is 0 Å². The van der Waals surface area contributed by atoms with Crippen LogP contribution >= 0.6 is 0 Å². The Labute approximate surface area is 85.1 Å². The Kier molecular flexibility index (Phi) is 1.56. The summed E-state index contributed by atoms with van der Waals surface area (Å²) in [7, 11) is 0. The van der Waals surface area contributed by atoms with Crippen molar-refractivity contribution in [2.24, 2.45) is 5.29 Å². The van der Waals surface area contributed by atoms with Gasteiger partial charge < -0.3 is 0 Å². The van der Waals surface area contributed by atoms with Gasteiger partial charge in [-0.2, -0.15) is 4.68 Å². The van der Waals surface area contributed by atoms with Gasteiger partial charge in [-0.05, 0) is 12.1 Å². The summed E-state index contributed by atoms with van der Waals surface area (Å²) in [5, 5.41) is 4.98. The van der Waals surface area contributed by atoms with Crippen LogP contribution in [-0.2, 0) is 0 Å². The van der Waals surface area contributed by atoms with Crippen LogP contribution in [0.15, 0.2) is 48.0 Å². The summed E-state index contributed by atoms with van der Waals surface area (Å²) >= 11 is 0. The second kappa shape index (κ2) is 2.88. The van der Waals surface area contributed by atoms with Gasteiger partial charge in [-0.15, -0.1) is 4.91 Å². The van der Waals surface area contributed by atoms with Crippen molar-refractivity contribution in [3.63, 3.8) is 0 Å². The van der Waals surface area contributed by atoms with Crippen molar-refractivity contribution in [1.29, 1.82) is 0 Å². The highest BCUT2D eigenvalue weighted by molar-refractivity contribution is 6.07. The summed E-state index contributed by atoms with van der Waals surface area (Å²) in [5.74, 6) is 0. The van der Waals surface area contributed by atoms with Crippen LogP contribution in [0.4, 0.5) is 0 Å². The quantitative estimate of drug-likeness (QED) is 0.563. The minimum Gasteiger partial charge on any atom is -0.264 e. The lowest BCUT2D eigenvalue weighted by Gasteiger charge is -1.91. The fourth-order valence-electron chi connectivity index (χ4n) is 1.88. The molecule has 0 radical (unpaired) electrons. The molecule has 0 aliphatic heterocycles. The number of aromatic nitrogens is 2. The Morgan fingerprint density at radius 3 is 2.73 bits per heavy atom. The highest BCUT2D eigenvalue weighted by Gasteiger charge is 2.09. The smallest absolute Gasteiger partial charge is 0.0795 e. The molecule has 0 unspecified atom stereocenters. The Bertz CT molecular complexity index is 604. The van der Waals surface area contributed by atoms with Crippen molar-refractivity contribution >= 4 is 21.8 Å². The maximum atomic E-state index is 10.8. The molecule has 0 spiro atoms. The standard InChI is InChI=1S/C11H7N3O/c15-13-14-10-4-2-1-3-8(10)9-7-12-6-5-11(9)14/h1-7H. The number of rotatable bonds is 1. The normalized spacial score (nSPS) is 10.9. The van der Waals surface area contributed by atoms with Gasteiger partial charge in [0.25, 0.3) is 0 Å². The first-order valence-corrected chi connectivity index (χ1v) is 4.58. The number of para-hydroxylation sites is 1. The zero-order valence-corrected chi connectivity index (χ0v) is 7.79. The van der Waals surface area contributed by atoms with E-state index in [1.807, 2.05) is 24.3 Å². The van der Waals surface area contributed by atoms with E-state index < -0.39 is 0 Å². The Morgan fingerprint density at radius 1 is 1.07 bits per heavy atom. The van der Waals surface area contributed by atoms with Crippen molar-refractivity contribution in [2.45, 2.75) is 0 Å².